The zero-order valence-electron chi connectivity index (χ0n) is 18.3. The molecule has 0 radical (unpaired) electrons. The van der Waals surface area contributed by atoms with E-state index in [0.717, 1.165) is 5.56 Å². The summed E-state index contributed by atoms with van der Waals surface area (Å²) in [6.07, 6.45) is 0.463. The average Bonchev–Trinajstić information content (AvgIpc) is 2.70. The van der Waals surface area contributed by atoms with Crippen molar-refractivity contribution < 1.29 is 22.3 Å². The largest absolute Gasteiger partial charge is 0.444 e. The fourth-order valence-electron chi connectivity index (χ4n) is 2.79. The second kappa shape index (κ2) is 9.32. The molecule has 11 heteroatoms. The summed E-state index contributed by atoms with van der Waals surface area (Å²) in [4.78, 5) is 20.0. The minimum atomic E-state index is -4.10. The van der Waals surface area contributed by atoms with Gasteiger partial charge in [0.2, 0.25) is 0 Å². The summed E-state index contributed by atoms with van der Waals surface area (Å²) in [5, 5.41) is 2.63. The van der Waals surface area contributed by atoms with Gasteiger partial charge in [-0.25, -0.2) is 27.6 Å². The topological polar surface area (TPSA) is 110 Å². The number of benzene rings is 1. The lowest BCUT2D eigenvalue weighted by molar-refractivity contribution is 0.0635. The smallest absolute Gasteiger partial charge is 0.413 e. The number of sulfonamides is 1. The van der Waals surface area contributed by atoms with E-state index in [0.29, 0.717) is 5.56 Å². The van der Waals surface area contributed by atoms with Crippen molar-refractivity contribution in [2.45, 2.75) is 38.2 Å². The SMILES string of the molecule is Cc1ccc(F)cc1-c1nc(NS(=O)(=O)c2ccnc(NC(=O)OC(C)(C)C)c2)ccc1Cl. The molecule has 0 unspecified atom stereocenters. The van der Waals surface area contributed by atoms with E-state index in [-0.39, 0.29) is 27.2 Å². The van der Waals surface area contributed by atoms with Gasteiger partial charge in [-0.3, -0.25) is 10.0 Å². The number of nitrogens with one attached hydrogen (secondary N) is 2. The van der Waals surface area contributed by atoms with Crippen molar-refractivity contribution >= 4 is 39.4 Å². The van der Waals surface area contributed by atoms with Crippen LogP contribution in [0.15, 0.2) is 53.6 Å². The monoisotopic (exact) mass is 492 g/mol. The summed E-state index contributed by atoms with van der Waals surface area (Å²) in [6.45, 7) is 6.86. The van der Waals surface area contributed by atoms with Crippen LogP contribution in [0.2, 0.25) is 5.02 Å². The number of anilines is 2. The Balaban J connectivity index is 1.87. The van der Waals surface area contributed by atoms with Crippen LogP contribution < -0.4 is 10.0 Å². The van der Waals surface area contributed by atoms with Gasteiger partial charge in [0.15, 0.2) is 0 Å². The van der Waals surface area contributed by atoms with E-state index < -0.39 is 27.5 Å². The molecule has 0 spiro atoms. The molecule has 1 amide bonds. The zero-order valence-corrected chi connectivity index (χ0v) is 19.9. The Hall–Kier alpha value is -3.24. The first-order valence-electron chi connectivity index (χ1n) is 9.76. The normalized spacial score (nSPS) is 11.7. The summed E-state index contributed by atoms with van der Waals surface area (Å²) < 4.78 is 47.1. The molecule has 0 aliphatic heterocycles. The third-order valence-electron chi connectivity index (χ3n) is 4.21. The lowest BCUT2D eigenvalue weighted by atomic mass is 10.0. The second-order valence-electron chi connectivity index (χ2n) is 8.10. The van der Waals surface area contributed by atoms with Crippen molar-refractivity contribution in [1.29, 1.82) is 0 Å². The maximum Gasteiger partial charge on any atom is 0.413 e. The van der Waals surface area contributed by atoms with Crippen molar-refractivity contribution in [2.75, 3.05) is 10.0 Å². The zero-order chi connectivity index (χ0) is 24.4. The summed E-state index contributed by atoms with van der Waals surface area (Å²) >= 11 is 6.24. The minimum absolute atomic E-state index is 0.00716. The number of rotatable bonds is 5. The van der Waals surface area contributed by atoms with Crippen molar-refractivity contribution in [3.8, 4) is 11.3 Å². The average molecular weight is 493 g/mol. The number of aromatic nitrogens is 2. The number of ether oxygens (including phenoxy) is 1. The third kappa shape index (κ3) is 6.39. The number of nitrogens with zero attached hydrogens (tertiary/aromatic N) is 2. The quantitative estimate of drug-likeness (QED) is 0.494. The molecule has 2 N–H and O–H groups in total. The van der Waals surface area contributed by atoms with Crippen LogP contribution in [0.3, 0.4) is 0 Å². The van der Waals surface area contributed by atoms with Crippen LogP contribution in [0.4, 0.5) is 20.8 Å². The number of carbonyl (C=O) groups excluding carboxylic acids is 1. The molecule has 174 valence electrons. The summed E-state index contributed by atoms with van der Waals surface area (Å²) in [6, 6.07) is 9.46. The first-order valence-corrected chi connectivity index (χ1v) is 11.6. The molecule has 0 fully saturated rings. The molecular formula is C22H22ClFN4O4S. The molecule has 0 aliphatic rings. The first kappa shape index (κ1) is 24.4. The number of aryl methyl sites for hydroxylation is 1. The van der Waals surface area contributed by atoms with Gasteiger partial charge in [0.25, 0.3) is 10.0 Å². The molecule has 0 bridgehead atoms. The van der Waals surface area contributed by atoms with Crippen molar-refractivity contribution in [3.05, 3.63) is 65.1 Å². The molecule has 3 aromatic rings. The Morgan fingerprint density at radius 2 is 1.82 bits per heavy atom. The maximum atomic E-state index is 13.7. The highest BCUT2D eigenvalue weighted by atomic mass is 35.5. The van der Waals surface area contributed by atoms with Crippen LogP contribution in [-0.2, 0) is 14.8 Å². The van der Waals surface area contributed by atoms with Gasteiger partial charge in [-0.2, -0.15) is 0 Å². The highest BCUT2D eigenvalue weighted by molar-refractivity contribution is 7.92. The molecule has 0 saturated heterocycles. The van der Waals surface area contributed by atoms with Gasteiger partial charge in [-0.1, -0.05) is 17.7 Å². The van der Waals surface area contributed by atoms with Gasteiger partial charge in [-0.05, 0) is 63.6 Å². The van der Waals surface area contributed by atoms with Gasteiger partial charge >= 0.3 is 6.09 Å². The number of amides is 1. The minimum Gasteiger partial charge on any atom is -0.444 e. The second-order valence-corrected chi connectivity index (χ2v) is 10.2. The molecule has 0 aliphatic carbocycles. The van der Waals surface area contributed by atoms with Crippen molar-refractivity contribution in [3.63, 3.8) is 0 Å². The molecule has 33 heavy (non-hydrogen) atoms. The van der Waals surface area contributed by atoms with Crippen LogP contribution in [-0.4, -0.2) is 30.1 Å². The van der Waals surface area contributed by atoms with E-state index in [1.54, 1.807) is 33.8 Å². The Kier molecular flexibility index (Phi) is 6.89. The number of hydrogen-bond acceptors (Lipinski definition) is 6. The summed E-state index contributed by atoms with van der Waals surface area (Å²) in [7, 11) is -4.10. The number of hydrogen-bond donors (Lipinski definition) is 2. The van der Waals surface area contributed by atoms with Crippen LogP contribution in [0, 0.1) is 12.7 Å². The highest BCUT2D eigenvalue weighted by Crippen LogP contribution is 2.31. The molecule has 0 atom stereocenters. The number of pyridine rings is 2. The standard InChI is InChI=1S/C22H22ClFN4O4S/c1-13-5-6-14(24)11-16(13)20-17(23)7-8-18(26-20)28-33(30,31)15-9-10-25-19(12-15)27-21(29)32-22(2,3)4/h5-12H,1-4H3,(H,26,28)(H,25,27,29). The Morgan fingerprint density at radius 3 is 2.52 bits per heavy atom. The molecule has 2 heterocycles. The first-order chi connectivity index (χ1) is 15.3. The van der Waals surface area contributed by atoms with E-state index in [1.807, 2.05) is 0 Å². The lowest BCUT2D eigenvalue weighted by Crippen LogP contribution is -2.27. The summed E-state index contributed by atoms with van der Waals surface area (Å²) in [5.74, 6) is -0.495. The fourth-order valence-corrected chi connectivity index (χ4v) is 4.01. The van der Waals surface area contributed by atoms with Crippen molar-refractivity contribution in [2.24, 2.45) is 0 Å². The van der Waals surface area contributed by atoms with E-state index in [2.05, 4.69) is 20.0 Å². The van der Waals surface area contributed by atoms with E-state index >= 15 is 0 Å². The Labute approximate surface area is 196 Å². The molecule has 2 aromatic heterocycles. The number of carbonyl (C=O) groups is 1. The van der Waals surface area contributed by atoms with Crippen molar-refractivity contribution in [1.82, 2.24) is 9.97 Å². The van der Waals surface area contributed by atoms with Gasteiger partial charge < -0.3 is 4.74 Å². The molecular weight excluding hydrogens is 471 g/mol. The Bertz CT molecular complexity index is 1310. The molecule has 3 rings (SSSR count). The van der Waals surface area contributed by atoms with Crippen LogP contribution >= 0.6 is 11.6 Å². The van der Waals surface area contributed by atoms with Crippen LogP contribution in [0.1, 0.15) is 26.3 Å². The third-order valence-corrected chi connectivity index (χ3v) is 5.87. The van der Waals surface area contributed by atoms with Crippen LogP contribution in [0.25, 0.3) is 11.3 Å². The highest BCUT2D eigenvalue weighted by Gasteiger charge is 2.20. The van der Waals surface area contributed by atoms with E-state index in [4.69, 9.17) is 16.3 Å². The van der Waals surface area contributed by atoms with E-state index in [1.165, 1.54) is 42.6 Å². The molecule has 8 nitrogen and oxygen atoms in total. The molecule has 0 saturated carbocycles. The van der Waals surface area contributed by atoms with Gasteiger partial charge in [0, 0.05) is 17.8 Å². The predicted molar refractivity (Wildman–Crippen MR) is 124 cm³/mol. The predicted octanol–water partition coefficient (Wildman–Crippen LogP) is 5.39. The fraction of sp³-hybridized carbons (Fsp3) is 0.227. The lowest BCUT2D eigenvalue weighted by Gasteiger charge is -2.19. The molecule has 1 aromatic carbocycles. The van der Waals surface area contributed by atoms with Gasteiger partial charge in [0.05, 0.1) is 15.6 Å². The van der Waals surface area contributed by atoms with Crippen LogP contribution in [0.5, 0.6) is 0 Å². The number of halogens is 2. The van der Waals surface area contributed by atoms with Gasteiger partial charge in [-0.15, -0.1) is 0 Å². The van der Waals surface area contributed by atoms with Gasteiger partial charge in [0.1, 0.15) is 23.1 Å². The Morgan fingerprint density at radius 1 is 1.09 bits per heavy atom. The maximum absolute atomic E-state index is 13.7. The van der Waals surface area contributed by atoms with E-state index in [9.17, 15) is 17.6 Å². The summed E-state index contributed by atoms with van der Waals surface area (Å²) in [5.41, 5.74) is 0.662.